The Bertz CT molecular complexity index is 937. The Kier molecular flexibility index (Phi) is 5.62. The number of carbonyl (C=O) groups excluding carboxylic acids is 1. The van der Waals surface area contributed by atoms with Gasteiger partial charge in [-0.3, -0.25) is 9.36 Å². The molecular weight excluding hydrogens is 372 g/mol. The molecule has 1 heterocycles. The van der Waals surface area contributed by atoms with Crippen LogP contribution in [0.1, 0.15) is 31.0 Å². The highest BCUT2D eigenvalue weighted by Crippen LogP contribution is 2.41. The molecule has 0 atom stereocenters. The van der Waals surface area contributed by atoms with Gasteiger partial charge in [0.2, 0.25) is 5.91 Å². The smallest absolute Gasteiger partial charge is 0.225 e. The number of carbonyl (C=O) groups is 1. The number of nitrogens with one attached hydrogen (secondary N) is 1. The maximum atomic E-state index is 12.2. The summed E-state index contributed by atoms with van der Waals surface area (Å²) in [7, 11) is 1.62. The van der Waals surface area contributed by atoms with Crippen molar-refractivity contribution < 1.29 is 9.53 Å². The van der Waals surface area contributed by atoms with Crippen LogP contribution in [0.2, 0.25) is 0 Å². The predicted molar refractivity (Wildman–Crippen MR) is 110 cm³/mol. The molecule has 144 valence electrons. The van der Waals surface area contributed by atoms with Gasteiger partial charge in [0.25, 0.3) is 0 Å². The third-order valence-corrected chi connectivity index (χ3v) is 5.48. The van der Waals surface area contributed by atoms with Crippen LogP contribution in [-0.4, -0.2) is 33.5 Å². The monoisotopic (exact) mass is 394 g/mol. The van der Waals surface area contributed by atoms with Gasteiger partial charge in [-0.15, -0.1) is 10.2 Å². The number of ether oxygens (including phenoxy) is 1. The first kappa shape index (κ1) is 18.6. The van der Waals surface area contributed by atoms with E-state index in [9.17, 15) is 4.79 Å². The predicted octanol–water partition coefficient (Wildman–Crippen LogP) is 4.27. The minimum Gasteiger partial charge on any atom is -0.497 e. The quantitative estimate of drug-likeness (QED) is 0.578. The number of methoxy groups -OCH3 is 1. The second kappa shape index (κ2) is 8.48. The standard InChI is InChI=1S/C21H22N4O2S/c1-27-18-11-9-16(10-12-18)22-19(26)13-14-28-21-24-23-20(15-7-8-15)25(21)17-5-3-2-4-6-17/h2-6,9-12,15H,7-8,13-14H2,1H3,(H,22,26). The number of rotatable bonds is 8. The van der Waals surface area contributed by atoms with Crippen molar-refractivity contribution in [1.29, 1.82) is 0 Å². The van der Waals surface area contributed by atoms with E-state index in [1.54, 1.807) is 18.9 Å². The highest BCUT2D eigenvalue weighted by molar-refractivity contribution is 7.99. The maximum absolute atomic E-state index is 12.2. The molecule has 3 aromatic rings. The number of thioether (sulfide) groups is 1. The fourth-order valence-corrected chi connectivity index (χ4v) is 3.83. The van der Waals surface area contributed by atoms with E-state index in [4.69, 9.17) is 4.74 Å². The molecule has 1 saturated carbocycles. The average molecular weight is 395 g/mol. The molecule has 1 aliphatic rings. The van der Waals surface area contributed by atoms with E-state index in [1.807, 2.05) is 42.5 Å². The second-order valence-corrected chi connectivity index (χ2v) is 7.72. The summed E-state index contributed by atoms with van der Waals surface area (Å²) in [6.45, 7) is 0. The topological polar surface area (TPSA) is 69.0 Å². The van der Waals surface area contributed by atoms with Gasteiger partial charge >= 0.3 is 0 Å². The van der Waals surface area contributed by atoms with Crippen molar-refractivity contribution in [3.63, 3.8) is 0 Å². The number of anilines is 1. The summed E-state index contributed by atoms with van der Waals surface area (Å²) in [6, 6.07) is 17.5. The number of amides is 1. The Morgan fingerprint density at radius 1 is 1.14 bits per heavy atom. The minimum atomic E-state index is -0.0224. The molecule has 1 fully saturated rings. The Morgan fingerprint density at radius 3 is 2.57 bits per heavy atom. The lowest BCUT2D eigenvalue weighted by Crippen LogP contribution is -2.12. The number of benzene rings is 2. The molecule has 0 bridgehead atoms. The third kappa shape index (κ3) is 4.36. The Hall–Kier alpha value is -2.80. The van der Waals surface area contributed by atoms with Crippen molar-refractivity contribution in [2.24, 2.45) is 0 Å². The Morgan fingerprint density at radius 2 is 1.89 bits per heavy atom. The van der Waals surface area contributed by atoms with Crippen LogP contribution in [0.4, 0.5) is 5.69 Å². The number of aromatic nitrogens is 3. The van der Waals surface area contributed by atoms with E-state index in [1.165, 1.54) is 12.8 Å². The van der Waals surface area contributed by atoms with Crippen LogP contribution in [0.5, 0.6) is 5.75 Å². The van der Waals surface area contributed by atoms with Gasteiger partial charge in [-0.2, -0.15) is 0 Å². The van der Waals surface area contributed by atoms with Gasteiger partial charge in [0, 0.05) is 29.5 Å². The van der Waals surface area contributed by atoms with Crippen LogP contribution in [0.15, 0.2) is 59.8 Å². The molecule has 1 amide bonds. The van der Waals surface area contributed by atoms with Crippen LogP contribution in [0, 0.1) is 0 Å². The lowest BCUT2D eigenvalue weighted by molar-refractivity contribution is -0.115. The summed E-state index contributed by atoms with van der Waals surface area (Å²) in [5.74, 6) is 2.90. The van der Waals surface area contributed by atoms with Crippen LogP contribution >= 0.6 is 11.8 Å². The first-order valence-corrected chi connectivity index (χ1v) is 10.3. The van der Waals surface area contributed by atoms with E-state index in [0.29, 0.717) is 18.1 Å². The fourth-order valence-electron chi connectivity index (χ4n) is 2.93. The number of hydrogen-bond donors (Lipinski definition) is 1. The summed E-state index contributed by atoms with van der Waals surface area (Å²) in [5.41, 5.74) is 1.83. The van der Waals surface area contributed by atoms with Crippen molar-refractivity contribution in [3.05, 3.63) is 60.4 Å². The molecule has 2 aromatic carbocycles. The molecule has 1 aromatic heterocycles. The third-order valence-electron chi connectivity index (χ3n) is 4.55. The van der Waals surface area contributed by atoms with Gasteiger partial charge in [-0.05, 0) is 49.2 Å². The Balaban J connectivity index is 1.37. The van der Waals surface area contributed by atoms with Crippen molar-refractivity contribution in [2.75, 3.05) is 18.2 Å². The molecule has 7 heteroatoms. The molecular formula is C21H22N4O2S. The van der Waals surface area contributed by atoms with Crippen molar-refractivity contribution in [2.45, 2.75) is 30.3 Å². The van der Waals surface area contributed by atoms with Gasteiger partial charge < -0.3 is 10.1 Å². The SMILES string of the molecule is COc1ccc(NC(=O)CCSc2nnc(C3CC3)n2-c2ccccc2)cc1. The maximum Gasteiger partial charge on any atom is 0.225 e. The highest BCUT2D eigenvalue weighted by atomic mass is 32.2. The van der Waals surface area contributed by atoms with Gasteiger partial charge in [-0.1, -0.05) is 30.0 Å². The molecule has 0 aliphatic heterocycles. The van der Waals surface area contributed by atoms with Gasteiger partial charge in [0.1, 0.15) is 11.6 Å². The zero-order valence-corrected chi connectivity index (χ0v) is 16.5. The summed E-state index contributed by atoms with van der Waals surface area (Å²) in [6.07, 6.45) is 2.73. The molecule has 0 spiro atoms. The van der Waals surface area contributed by atoms with Crippen molar-refractivity contribution in [1.82, 2.24) is 14.8 Å². The fraction of sp³-hybridized carbons (Fsp3) is 0.286. The molecule has 0 saturated heterocycles. The molecule has 1 aliphatic carbocycles. The normalized spacial score (nSPS) is 13.3. The largest absolute Gasteiger partial charge is 0.497 e. The number of hydrogen-bond acceptors (Lipinski definition) is 5. The number of nitrogens with zero attached hydrogens (tertiary/aromatic N) is 3. The van der Waals surface area contributed by atoms with Gasteiger partial charge in [0.05, 0.1) is 7.11 Å². The van der Waals surface area contributed by atoms with E-state index in [2.05, 4.69) is 32.2 Å². The zero-order valence-electron chi connectivity index (χ0n) is 15.7. The molecule has 28 heavy (non-hydrogen) atoms. The average Bonchev–Trinajstić information content (AvgIpc) is 3.49. The van der Waals surface area contributed by atoms with Crippen LogP contribution in [-0.2, 0) is 4.79 Å². The van der Waals surface area contributed by atoms with Gasteiger partial charge in [-0.25, -0.2) is 0 Å². The minimum absolute atomic E-state index is 0.0224. The molecule has 0 unspecified atom stereocenters. The Labute approximate surface area is 168 Å². The van der Waals surface area contributed by atoms with E-state index in [-0.39, 0.29) is 5.91 Å². The molecule has 4 rings (SSSR count). The van der Waals surface area contributed by atoms with Crippen molar-refractivity contribution in [3.8, 4) is 11.4 Å². The molecule has 6 nitrogen and oxygen atoms in total. The lowest BCUT2D eigenvalue weighted by atomic mass is 10.3. The van der Waals surface area contributed by atoms with E-state index < -0.39 is 0 Å². The summed E-state index contributed by atoms with van der Waals surface area (Å²) < 4.78 is 7.26. The molecule has 0 radical (unpaired) electrons. The first-order chi connectivity index (χ1) is 13.7. The first-order valence-electron chi connectivity index (χ1n) is 9.32. The van der Waals surface area contributed by atoms with Crippen molar-refractivity contribution >= 4 is 23.4 Å². The van der Waals surface area contributed by atoms with E-state index in [0.717, 1.165) is 28.1 Å². The van der Waals surface area contributed by atoms with Crippen LogP contribution in [0.3, 0.4) is 0 Å². The summed E-state index contributed by atoms with van der Waals surface area (Å²) >= 11 is 1.56. The summed E-state index contributed by atoms with van der Waals surface area (Å²) in [4.78, 5) is 12.2. The van der Waals surface area contributed by atoms with Crippen LogP contribution < -0.4 is 10.1 Å². The zero-order chi connectivity index (χ0) is 19.3. The van der Waals surface area contributed by atoms with E-state index >= 15 is 0 Å². The number of para-hydroxylation sites is 1. The van der Waals surface area contributed by atoms with Gasteiger partial charge in [0.15, 0.2) is 5.16 Å². The lowest BCUT2D eigenvalue weighted by Gasteiger charge is -2.10. The second-order valence-electron chi connectivity index (χ2n) is 6.66. The molecule has 1 N–H and O–H groups in total. The van der Waals surface area contributed by atoms with Crippen LogP contribution in [0.25, 0.3) is 5.69 Å². The summed E-state index contributed by atoms with van der Waals surface area (Å²) in [5, 5.41) is 12.5. The highest BCUT2D eigenvalue weighted by Gasteiger charge is 2.31.